The van der Waals surface area contributed by atoms with Crippen molar-refractivity contribution < 1.29 is 22.8 Å². The van der Waals surface area contributed by atoms with Gasteiger partial charge in [0.25, 0.3) is 0 Å². The second kappa shape index (κ2) is 8.47. The summed E-state index contributed by atoms with van der Waals surface area (Å²) in [7, 11) is 1.69. The normalized spacial score (nSPS) is 16.8. The Balaban J connectivity index is 1.88. The van der Waals surface area contributed by atoms with Gasteiger partial charge in [-0.2, -0.15) is 13.2 Å². The van der Waals surface area contributed by atoms with Gasteiger partial charge in [0, 0.05) is 6.54 Å². The number of carbonyl (C=O) groups excluding carboxylic acids is 2. The number of hydrogen-bond acceptors (Lipinski definition) is 3. The van der Waals surface area contributed by atoms with Crippen LogP contribution in [0.4, 0.5) is 24.5 Å². The first-order valence-corrected chi connectivity index (χ1v) is 9.58. The van der Waals surface area contributed by atoms with Gasteiger partial charge >= 0.3 is 6.18 Å². The lowest BCUT2D eigenvalue weighted by molar-refractivity contribution is -0.158. The maximum absolute atomic E-state index is 13.8. The van der Waals surface area contributed by atoms with Crippen LogP contribution in [-0.2, 0) is 16.1 Å². The molecule has 1 aliphatic rings. The summed E-state index contributed by atoms with van der Waals surface area (Å²) in [6.45, 7) is 4.14. The van der Waals surface area contributed by atoms with Crippen LogP contribution >= 0.6 is 0 Å². The lowest BCUT2D eigenvalue weighted by Crippen LogP contribution is -2.52. The zero-order valence-corrected chi connectivity index (χ0v) is 17.1. The number of amides is 2. The third-order valence-electron chi connectivity index (χ3n) is 5.12. The average molecular weight is 419 g/mol. The van der Waals surface area contributed by atoms with E-state index in [2.05, 4.69) is 5.32 Å². The molecule has 0 saturated carbocycles. The van der Waals surface area contributed by atoms with Crippen molar-refractivity contribution in [3.8, 4) is 0 Å². The molecular weight excluding hydrogens is 395 g/mol. The van der Waals surface area contributed by atoms with Crippen LogP contribution in [0.1, 0.15) is 23.1 Å². The van der Waals surface area contributed by atoms with E-state index in [1.54, 1.807) is 24.1 Å². The highest BCUT2D eigenvalue weighted by Crippen LogP contribution is 2.37. The van der Waals surface area contributed by atoms with Crippen LogP contribution in [0.25, 0.3) is 0 Å². The van der Waals surface area contributed by atoms with Crippen LogP contribution in [0.2, 0.25) is 0 Å². The molecule has 0 spiro atoms. The molecule has 160 valence electrons. The molecule has 8 heteroatoms. The average Bonchev–Trinajstić information content (AvgIpc) is 2.79. The molecule has 30 heavy (non-hydrogen) atoms. The molecule has 5 nitrogen and oxygen atoms in total. The molecular formula is C22H24F3N3O2. The molecule has 2 aromatic rings. The molecule has 3 rings (SSSR count). The molecule has 1 aliphatic heterocycles. The minimum atomic E-state index is -4.74. The van der Waals surface area contributed by atoms with Crippen LogP contribution < -0.4 is 10.2 Å². The van der Waals surface area contributed by atoms with Crippen molar-refractivity contribution in [2.45, 2.75) is 39.0 Å². The van der Waals surface area contributed by atoms with Crippen molar-refractivity contribution in [2.24, 2.45) is 0 Å². The fraction of sp³-hybridized carbons (Fsp3) is 0.364. The lowest BCUT2D eigenvalue weighted by atomic mass is 10.1. The third-order valence-corrected chi connectivity index (χ3v) is 5.12. The lowest BCUT2D eigenvalue weighted by Gasteiger charge is -2.33. The fourth-order valence-electron chi connectivity index (χ4n) is 3.67. The van der Waals surface area contributed by atoms with Gasteiger partial charge in [-0.15, -0.1) is 0 Å². The van der Waals surface area contributed by atoms with Gasteiger partial charge in [0.2, 0.25) is 11.8 Å². The number of alkyl halides is 3. The number of fused-ring (bicyclic) bond motifs is 1. The Morgan fingerprint density at radius 3 is 2.57 bits per heavy atom. The molecule has 2 aromatic carbocycles. The number of benzene rings is 2. The number of hydrogen-bond donors (Lipinski definition) is 1. The molecule has 0 bridgehead atoms. The second-order valence-electron chi connectivity index (χ2n) is 7.69. The summed E-state index contributed by atoms with van der Waals surface area (Å²) in [5.74, 6) is -1.49. The molecule has 0 fully saturated rings. The summed E-state index contributed by atoms with van der Waals surface area (Å²) < 4.78 is 41.4. The molecule has 2 amide bonds. The van der Waals surface area contributed by atoms with E-state index in [9.17, 15) is 22.8 Å². The minimum Gasteiger partial charge on any atom is -0.324 e. The van der Waals surface area contributed by atoms with E-state index in [-0.39, 0.29) is 17.9 Å². The first-order chi connectivity index (χ1) is 14.1. The maximum Gasteiger partial charge on any atom is 0.409 e. The number of nitrogens with zero attached hydrogens (tertiary/aromatic N) is 2. The van der Waals surface area contributed by atoms with Crippen LogP contribution in [0.15, 0.2) is 42.5 Å². The Hall–Kier alpha value is -2.87. The number of para-hydroxylation sites is 2. The summed E-state index contributed by atoms with van der Waals surface area (Å²) in [6, 6.07) is 9.77. The zero-order valence-electron chi connectivity index (χ0n) is 17.1. The summed E-state index contributed by atoms with van der Waals surface area (Å²) in [6.07, 6.45) is -5.58. The molecule has 1 N–H and O–H groups in total. The zero-order chi connectivity index (χ0) is 22.1. The number of halogens is 3. The van der Waals surface area contributed by atoms with E-state index in [4.69, 9.17) is 0 Å². The van der Waals surface area contributed by atoms with E-state index in [1.165, 1.54) is 12.1 Å². The Morgan fingerprint density at radius 2 is 1.90 bits per heavy atom. The molecule has 0 aromatic heterocycles. The predicted octanol–water partition coefficient (Wildman–Crippen LogP) is 4.04. The highest BCUT2D eigenvalue weighted by Gasteiger charge is 2.49. The van der Waals surface area contributed by atoms with Gasteiger partial charge in [0.1, 0.15) is 6.04 Å². The Kier molecular flexibility index (Phi) is 6.17. The third kappa shape index (κ3) is 4.81. The molecule has 1 atom stereocenters. The van der Waals surface area contributed by atoms with E-state index in [0.29, 0.717) is 11.4 Å². The Labute approximate surface area is 173 Å². The van der Waals surface area contributed by atoms with Crippen LogP contribution in [0, 0.1) is 13.8 Å². The van der Waals surface area contributed by atoms with E-state index < -0.39 is 30.5 Å². The highest BCUT2D eigenvalue weighted by atomic mass is 19.4. The van der Waals surface area contributed by atoms with Crippen LogP contribution in [-0.4, -0.2) is 42.5 Å². The number of rotatable bonds is 4. The Morgan fingerprint density at radius 1 is 1.20 bits per heavy atom. The quantitative estimate of drug-likeness (QED) is 0.814. The molecule has 1 heterocycles. The van der Waals surface area contributed by atoms with Crippen molar-refractivity contribution in [3.63, 3.8) is 0 Å². The van der Waals surface area contributed by atoms with Crippen LogP contribution in [0.3, 0.4) is 0 Å². The topological polar surface area (TPSA) is 52.7 Å². The molecule has 0 radical (unpaired) electrons. The van der Waals surface area contributed by atoms with Crippen molar-refractivity contribution in [1.29, 1.82) is 0 Å². The van der Waals surface area contributed by atoms with E-state index in [1.807, 2.05) is 32.0 Å². The smallest absolute Gasteiger partial charge is 0.324 e. The second-order valence-corrected chi connectivity index (χ2v) is 7.69. The molecule has 0 aliphatic carbocycles. The number of likely N-dealkylation sites (N-methyl/N-ethyl adjacent to an activating group) is 1. The minimum absolute atomic E-state index is 0.0515. The van der Waals surface area contributed by atoms with E-state index >= 15 is 0 Å². The Bertz CT molecular complexity index is 959. The van der Waals surface area contributed by atoms with Gasteiger partial charge in [0.05, 0.1) is 24.3 Å². The van der Waals surface area contributed by atoms with Gasteiger partial charge in [-0.1, -0.05) is 35.9 Å². The first-order valence-electron chi connectivity index (χ1n) is 9.58. The van der Waals surface area contributed by atoms with Gasteiger partial charge in [0.15, 0.2) is 0 Å². The number of anilines is 2. The van der Waals surface area contributed by atoms with Gasteiger partial charge in [-0.25, -0.2) is 0 Å². The molecule has 0 unspecified atom stereocenters. The maximum atomic E-state index is 13.8. The number of nitrogens with one attached hydrogen (secondary N) is 1. The number of carbonyl (C=O) groups is 2. The standard InChI is InChI=1S/C22H24F3N3O2/c1-14-8-9-16(15(2)10-14)12-27(3)13-21(30)28-18-7-5-4-6-17(18)26-20(29)11-19(28)22(23,24)25/h4-10,19H,11-13H2,1-3H3,(H,26,29)/t19-/m0/s1. The summed E-state index contributed by atoms with van der Waals surface area (Å²) >= 11 is 0. The number of aryl methyl sites for hydroxylation is 2. The van der Waals surface area contributed by atoms with Gasteiger partial charge < -0.3 is 5.32 Å². The largest absolute Gasteiger partial charge is 0.409 e. The summed E-state index contributed by atoms with van der Waals surface area (Å²) in [5, 5.41) is 2.47. The monoisotopic (exact) mass is 419 g/mol. The van der Waals surface area contributed by atoms with Crippen molar-refractivity contribution >= 4 is 23.2 Å². The van der Waals surface area contributed by atoms with E-state index in [0.717, 1.165) is 16.7 Å². The molecule has 0 saturated heterocycles. The fourth-order valence-corrected chi connectivity index (χ4v) is 3.67. The van der Waals surface area contributed by atoms with Crippen molar-refractivity contribution in [3.05, 3.63) is 59.2 Å². The van der Waals surface area contributed by atoms with Gasteiger partial charge in [-0.3, -0.25) is 19.4 Å². The first kappa shape index (κ1) is 21.8. The highest BCUT2D eigenvalue weighted by molar-refractivity contribution is 6.05. The summed E-state index contributed by atoms with van der Waals surface area (Å²) in [4.78, 5) is 27.5. The SMILES string of the molecule is Cc1ccc(CN(C)CC(=O)N2c3ccccc3NC(=O)C[C@H]2C(F)(F)F)c(C)c1. The predicted molar refractivity (Wildman–Crippen MR) is 109 cm³/mol. The van der Waals surface area contributed by atoms with Crippen molar-refractivity contribution in [1.82, 2.24) is 4.90 Å². The van der Waals surface area contributed by atoms with Gasteiger partial charge in [-0.05, 0) is 44.2 Å². The van der Waals surface area contributed by atoms with Crippen LogP contribution in [0.5, 0.6) is 0 Å². The van der Waals surface area contributed by atoms with Crippen molar-refractivity contribution in [2.75, 3.05) is 23.8 Å². The summed E-state index contributed by atoms with van der Waals surface area (Å²) in [5.41, 5.74) is 3.41.